The third-order valence-electron chi connectivity index (χ3n) is 3.85. The van der Waals surface area contributed by atoms with Crippen LogP contribution in [0.15, 0.2) is 59.1 Å². The number of esters is 2. The monoisotopic (exact) mass is 380 g/mol. The smallest absolute Gasteiger partial charge is 0.339 e. The number of carbonyl (C=O) groups is 3. The van der Waals surface area contributed by atoms with Crippen LogP contribution in [0.3, 0.4) is 0 Å². The first-order chi connectivity index (χ1) is 13.5. The van der Waals surface area contributed by atoms with Crippen LogP contribution in [0.4, 0.5) is 5.69 Å². The minimum Gasteiger partial charge on any atom is -0.465 e. The van der Waals surface area contributed by atoms with E-state index in [0.717, 1.165) is 5.56 Å². The van der Waals surface area contributed by atoms with Crippen LogP contribution in [0.2, 0.25) is 0 Å². The zero-order chi connectivity index (χ0) is 20.1. The van der Waals surface area contributed by atoms with Crippen molar-refractivity contribution in [2.45, 2.75) is 0 Å². The van der Waals surface area contributed by atoms with E-state index in [1.165, 1.54) is 38.6 Å². The number of carbonyl (C=O) groups excluding carboxylic acids is 3. The summed E-state index contributed by atoms with van der Waals surface area (Å²) in [6.45, 7) is 0. The lowest BCUT2D eigenvalue weighted by molar-refractivity contribution is 0.0587. The minimum absolute atomic E-state index is 0.0679. The van der Waals surface area contributed by atoms with Gasteiger partial charge in [-0.1, -0.05) is 30.3 Å². The molecule has 0 bridgehead atoms. The van der Waals surface area contributed by atoms with Crippen molar-refractivity contribution >= 4 is 23.5 Å². The topological polar surface area (TPSA) is 108 Å². The van der Waals surface area contributed by atoms with E-state index in [-0.39, 0.29) is 22.7 Å². The van der Waals surface area contributed by atoms with Crippen LogP contribution in [0, 0.1) is 0 Å². The highest BCUT2D eigenvalue weighted by atomic mass is 16.5. The van der Waals surface area contributed by atoms with Gasteiger partial charge in [-0.3, -0.25) is 4.79 Å². The molecule has 2 aromatic carbocycles. The molecule has 8 nitrogen and oxygen atoms in total. The van der Waals surface area contributed by atoms with Crippen LogP contribution in [-0.4, -0.2) is 37.0 Å². The highest BCUT2D eigenvalue weighted by Gasteiger charge is 2.20. The first kappa shape index (κ1) is 18.8. The van der Waals surface area contributed by atoms with Crippen LogP contribution in [0.5, 0.6) is 0 Å². The molecule has 3 aromatic rings. The number of benzene rings is 2. The second-order valence-corrected chi connectivity index (χ2v) is 5.59. The van der Waals surface area contributed by atoms with Gasteiger partial charge in [-0.2, -0.15) is 0 Å². The Kier molecular flexibility index (Phi) is 5.50. The Morgan fingerprint density at radius 3 is 2.36 bits per heavy atom. The van der Waals surface area contributed by atoms with Crippen molar-refractivity contribution in [1.82, 2.24) is 4.98 Å². The fraction of sp³-hybridized carbons (Fsp3) is 0.100. The van der Waals surface area contributed by atoms with Gasteiger partial charge in [0.05, 0.1) is 37.2 Å². The molecular formula is C20H16N2O6. The van der Waals surface area contributed by atoms with Crippen molar-refractivity contribution in [2.24, 2.45) is 0 Å². The molecule has 0 saturated carbocycles. The van der Waals surface area contributed by atoms with Gasteiger partial charge in [-0.15, -0.1) is 0 Å². The van der Waals surface area contributed by atoms with Crippen molar-refractivity contribution < 1.29 is 28.3 Å². The summed E-state index contributed by atoms with van der Waals surface area (Å²) in [6, 6.07) is 13.2. The molecule has 0 atom stereocenters. The van der Waals surface area contributed by atoms with Gasteiger partial charge in [-0.25, -0.2) is 14.6 Å². The summed E-state index contributed by atoms with van der Waals surface area (Å²) >= 11 is 0. The van der Waals surface area contributed by atoms with E-state index in [9.17, 15) is 14.4 Å². The molecule has 0 spiro atoms. The van der Waals surface area contributed by atoms with Crippen LogP contribution in [0.25, 0.3) is 11.3 Å². The number of amides is 1. The lowest BCUT2D eigenvalue weighted by atomic mass is 10.1. The predicted molar refractivity (Wildman–Crippen MR) is 99.0 cm³/mol. The lowest BCUT2D eigenvalue weighted by Gasteiger charge is -2.10. The summed E-state index contributed by atoms with van der Waals surface area (Å²) in [6.07, 6.45) is 1.43. The number of anilines is 1. The molecule has 0 fully saturated rings. The molecule has 1 heterocycles. The molecule has 1 aromatic heterocycles. The highest BCUT2D eigenvalue weighted by Crippen LogP contribution is 2.23. The lowest BCUT2D eigenvalue weighted by Crippen LogP contribution is -2.16. The molecule has 0 unspecified atom stereocenters. The number of methoxy groups -OCH3 is 2. The Morgan fingerprint density at radius 1 is 0.964 bits per heavy atom. The molecule has 0 saturated heterocycles. The number of ether oxygens (including phenoxy) is 2. The summed E-state index contributed by atoms with van der Waals surface area (Å²) in [5, 5.41) is 2.52. The van der Waals surface area contributed by atoms with Crippen molar-refractivity contribution in [1.29, 1.82) is 0 Å². The van der Waals surface area contributed by atoms with E-state index in [1.54, 1.807) is 0 Å². The summed E-state index contributed by atoms with van der Waals surface area (Å²) in [5.41, 5.74) is 1.05. The number of rotatable bonds is 5. The summed E-state index contributed by atoms with van der Waals surface area (Å²) in [5.74, 6) is -1.76. The van der Waals surface area contributed by atoms with Gasteiger partial charge in [0.2, 0.25) is 0 Å². The molecular weight excluding hydrogens is 364 g/mol. The molecule has 1 amide bonds. The van der Waals surface area contributed by atoms with Crippen molar-refractivity contribution in [3.63, 3.8) is 0 Å². The third kappa shape index (κ3) is 3.90. The summed E-state index contributed by atoms with van der Waals surface area (Å²) in [7, 11) is 2.44. The SMILES string of the molecule is COC(=O)c1ccc(C(=O)OC)c(NC(=O)c2ncc(-c3ccccc3)o2)c1. The first-order valence-electron chi connectivity index (χ1n) is 8.16. The quantitative estimate of drug-likeness (QED) is 0.677. The molecule has 0 aliphatic heterocycles. The van der Waals surface area contributed by atoms with E-state index in [4.69, 9.17) is 9.15 Å². The van der Waals surface area contributed by atoms with Gasteiger partial charge in [0.1, 0.15) is 0 Å². The van der Waals surface area contributed by atoms with Gasteiger partial charge < -0.3 is 19.2 Å². The average Bonchev–Trinajstić information content (AvgIpc) is 3.23. The van der Waals surface area contributed by atoms with Crippen LogP contribution in [0.1, 0.15) is 31.4 Å². The zero-order valence-corrected chi connectivity index (χ0v) is 15.1. The number of hydrogen-bond acceptors (Lipinski definition) is 7. The Labute approximate surface area is 160 Å². The summed E-state index contributed by atoms with van der Waals surface area (Å²) in [4.78, 5) is 40.2. The van der Waals surface area contributed by atoms with E-state index in [0.29, 0.717) is 5.76 Å². The minimum atomic E-state index is -0.686. The fourth-order valence-electron chi connectivity index (χ4n) is 2.47. The van der Waals surface area contributed by atoms with Crippen LogP contribution < -0.4 is 5.32 Å². The maximum atomic E-state index is 12.5. The molecule has 0 aliphatic carbocycles. The van der Waals surface area contributed by atoms with E-state index in [1.807, 2.05) is 30.3 Å². The largest absolute Gasteiger partial charge is 0.465 e. The number of nitrogens with one attached hydrogen (secondary N) is 1. The van der Waals surface area contributed by atoms with Gasteiger partial charge in [-0.05, 0) is 18.2 Å². The van der Waals surface area contributed by atoms with Gasteiger partial charge in [0.25, 0.3) is 5.89 Å². The van der Waals surface area contributed by atoms with Gasteiger partial charge >= 0.3 is 17.8 Å². The molecule has 0 aliphatic rings. The Hall–Kier alpha value is -3.94. The normalized spacial score (nSPS) is 10.2. The molecule has 3 rings (SSSR count). The van der Waals surface area contributed by atoms with E-state index >= 15 is 0 Å². The standard InChI is InChI=1S/C20H16N2O6/c1-26-19(24)13-8-9-14(20(25)27-2)15(10-13)22-17(23)18-21-11-16(28-18)12-6-4-3-5-7-12/h3-11H,1-2H3,(H,22,23). The molecule has 28 heavy (non-hydrogen) atoms. The number of aromatic nitrogens is 1. The number of nitrogens with zero attached hydrogens (tertiary/aromatic N) is 1. The third-order valence-corrected chi connectivity index (χ3v) is 3.85. The van der Waals surface area contributed by atoms with Crippen molar-refractivity contribution in [2.75, 3.05) is 19.5 Å². The molecule has 8 heteroatoms. The fourth-order valence-corrected chi connectivity index (χ4v) is 2.47. The Morgan fingerprint density at radius 2 is 1.68 bits per heavy atom. The van der Waals surface area contributed by atoms with E-state index < -0.39 is 17.8 Å². The van der Waals surface area contributed by atoms with Crippen molar-refractivity contribution in [3.05, 3.63) is 71.7 Å². The second-order valence-electron chi connectivity index (χ2n) is 5.59. The van der Waals surface area contributed by atoms with Gasteiger partial charge in [0, 0.05) is 5.56 Å². The first-order valence-corrected chi connectivity index (χ1v) is 8.16. The number of oxazole rings is 1. The second kappa shape index (κ2) is 8.17. The van der Waals surface area contributed by atoms with Crippen molar-refractivity contribution in [3.8, 4) is 11.3 Å². The Bertz CT molecular complexity index is 1030. The maximum absolute atomic E-state index is 12.5. The molecule has 142 valence electrons. The molecule has 0 radical (unpaired) electrons. The van der Waals surface area contributed by atoms with E-state index in [2.05, 4.69) is 15.0 Å². The van der Waals surface area contributed by atoms with Crippen LogP contribution >= 0.6 is 0 Å². The van der Waals surface area contributed by atoms with Crippen LogP contribution in [-0.2, 0) is 9.47 Å². The van der Waals surface area contributed by atoms with Gasteiger partial charge in [0.15, 0.2) is 5.76 Å². The Balaban J connectivity index is 1.89. The maximum Gasteiger partial charge on any atom is 0.339 e. The zero-order valence-electron chi connectivity index (χ0n) is 15.1. The highest BCUT2D eigenvalue weighted by molar-refractivity contribution is 6.07. The predicted octanol–water partition coefficient (Wildman–Crippen LogP) is 3.17. The molecule has 1 N–H and O–H groups in total. The summed E-state index contributed by atoms with van der Waals surface area (Å²) < 4.78 is 14.9. The number of hydrogen-bond donors (Lipinski definition) is 1. The average molecular weight is 380 g/mol.